The predicted octanol–water partition coefficient (Wildman–Crippen LogP) is 2.36. The highest BCUT2D eigenvalue weighted by atomic mass is 16.5. The van der Waals surface area contributed by atoms with Gasteiger partial charge in [-0.3, -0.25) is 0 Å². The molecule has 22 heavy (non-hydrogen) atoms. The highest BCUT2D eigenvalue weighted by molar-refractivity contribution is 5.89. The number of amides is 2. The zero-order chi connectivity index (χ0) is 16.1. The van der Waals surface area contributed by atoms with Crippen molar-refractivity contribution in [3.63, 3.8) is 0 Å². The maximum atomic E-state index is 11.6. The molecule has 0 radical (unpaired) electrons. The molecule has 1 aromatic heterocycles. The van der Waals surface area contributed by atoms with Crippen molar-refractivity contribution in [1.29, 1.82) is 0 Å². The Bertz CT molecular complexity index is 622. The van der Waals surface area contributed by atoms with Crippen molar-refractivity contribution in [2.75, 3.05) is 11.9 Å². The van der Waals surface area contributed by atoms with E-state index in [0.29, 0.717) is 17.4 Å². The van der Waals surface area contributed by atoms with Crippen molar-refractivity contribution >= 4 is 11.7 Å². The summed E-state index contributed by atoms with van der Waals surface area (Å²) in [7, 11) is 0. The number of aliphatic hydroxyl groups excluding tert-OH is 1. The first kappa shape index (κ1) is 16.0. The molecule has 0 bridgehead atoms. The average molecular weight is 304 g/mol. The SMILES string of the molecule is CC(CO)NC(=O)Nc1ccc(-c2nc(C(C)C)no2)cc1. The molecule has 118 valence electrons. The molecule has 0 aliphatic carbocycles. The van der Waals surface area contributed by atoms with Crippen LogP contribution in [0.3, 0.4) is 0 Å². The van der Waals surface area contributed by atoms with Gasteiger partial charge >= 0.3 is 6.03 Å². The average Bonchev–Trinajstić information content (AvgIpc) is 2.97. The molecule has 2 aromatic rings. The summed E-state index contributed by atoms with van der Waals surface area (Å²) in [5, 5.41) is 18.1. The number of nitrogens with zero attached hydrogens (tertiary/aromatic N) is 2. The van der Waals surface area contributed by atoms with Crippen LogP contribution in [0.25, 0.3) is 11.5 Å². The van der Waals surface area contributed by atoms with Gasteiger partial charge in [0.15, 0.2) is 5.82 Å². The van der Waals surface area contributed by atoms with Gasteiger partial charge in [-0.25, -0.2) is 4.79 Å². The molecule has 0 saturated carbocycles. The van der Waals surface area contributed by atoms with Crippen LogP contribution < -0.4 is 10.6 Å². The van der Waals surface area contributed by atoms with Crippen LogP contribution in [0.5, 0.6) is 0 Å². The van der Waals surface area contributed by atoms with Gasteiger partial charge in [0.1, 0.15) is 0 Å². The van der Waals surface area contributed by atoms with Gasteiger partial charge in [-0.05, 0) is 31.2 Å². The van der Waals surface area contributed by atoms with Crippen LogP contribution in [0.4, 0.5) is 10.5 Å². The minimum absolute atomic E-state index is 0.109. The first-order valence-corrected chi connectivity index (χ1v) is 7.12. The second kappa shape index (κ2) is 7.04. The maximum Gasteiger partial charge on any atom is 0.319 e. The number of hydrogen-bond donors (Lipinski definition) is 3. The van der Waals surface area contributed by atoms with Crippen LogP contribution in [0, 0.1) is 0 Å². The molecule has 2 amide bonds. The molecule has 0 saturated heterocycles. The molecule has 1 unspecified atom stereocenters. The van der Waals surface area contributed by atoms with E-state index in [9.17, 15) is 4.79 Å². The Morgan fingerprint density at radius 1 is 1.27 bits per heavy atom. The van der Waals surface area contributed by atoms with Gasteiger partial charge in [0, 0.05) is 17.2 Å². The lowest BCUT2D eigenvalue weighted by Crippen LogP contribution is -2.38. The van der Waals surface area contributed by atoms with Crippen molar-refractivity contribution in [2.24, 2.45) is 0 Å². The van der Waals surface area contributed by atoms with Crippen molar-refractivity contribution in [1.82, 2.24) is 15.5 Å². The van der Waals surface area contributed by atoms with Crippen LogP contribution in [0.15, 0.2) is 28.8 Å². The monoisotopic (exact) mass is 304 g/mol. The zero-order valence-electron chi connectivity index (χ0n) is 12.8. The second-order valence-corrected chi connectivity index (χ2v) is 5.37. The summed E-state index contributed by atoms with van der Waals surface area (Å²) >= 11 is 0. The van der Waals surface area contributed by atoms with E-state index in [1.54, 1.807) is 31.2 Å². The third-order valence-corrected chi connectivity index (χ3v) is 3.00. The van der Waals surface area contributed by atoms with Crippen molar-refractivity contribution < 1.29 is 14.4 Å². The summed E-state index contributed by atoms with van der Waals surface area (Å²) in [6.07, 6.45) is 0. The molecule has 1 aromatic carbocycles. The molecule has 1 heterocycles. The first-order valence-electron chi connectivity index (χ1n) is 7.12. The predicted molar refractivity (Wildman–Crippen MR) is 82.5 cm³/mol. The summed E-state index contributed by atoms with van der Waals surface area (Å²) in [4.78, 5) is 16.0. The van der Waals surface area contributed by atoms with Crippen molar-refractivity contribution in [2.45, 2.75) is 32.7 Å². The normalized spacial score (nSPS) is 12.2. The number of urea groups is 1. The van der Waals surface area contributed by atoms with Crippen LogP contribution in [-0.2, 0) is 0 Å². The molecule has 0 fully saturated rings. The van der Waals surface area contributed by atoms with E-state index < -0.39 is 0 Å². The molecule has 7 heteroatoms. The van der Waals surface area contributed by atoms with Gasteiger partial charge in [0.25, 0.3) is 5.89 Å². The van der Waals surface area contributed by atoms with Gasteiger partial charge in [0.2, 0.25) is 0 Å². The lowest BCUT2D eigenvalue weighted by molar-refractivity contribution is 0.229. The third-order valence-electron chi connectivity index (χ3n) is 3.00. The molecule has 0 spiro atoms. The number of nitrogens with one attached hydrogen (secondary N) is 2. The fraction of sp³-hybridized carbons (Fsp3) is 0.400. The highest BCUT2D eigenvalue weighted by Gasteiger charge is 2.12. The smallest absolute Gasteiger partial charge is 0.319 e. The van der Waals surface area contributed by atoms with Gasteiger partial charge in [-0.1, -0.05) is 19.0 Å². The molecule has 0 aliphatic heterocycles. The minimum Gasteiger partial charge on any atom is -0.394 e. The lowest BCUT2D eigenvalue weighted by Gasteiger charge is -2.11. The standard InChI is InChI=1S/C15H20N4O3/c1-9(2)13-18-14(22-19-13)11-4-6-12(7-5-11)17-15(21)16-10(3)8-20/h4-7,9-10,20H,8H2,1-3H3,(H2,16,17,21). The number of benzene rings is 1. The van der Waals surface area contributed by atoms with E-state index in [1.165, 1.54) is 0 Å². The fourth-order valence-corrected chi connectivity index (χ4v) is 1.72. The summed E-state index contributed by atoms with van der Waals surface area (Å²) in [5.41, 5.74) is 1.42. The van der Waals surface area contributed by atoms with Crippen LogP contribution >= 0.6 is 0 Å². The highest BCUT2D eigenvalue weighted by Crippen LogP contribution is 2.21. The Kier molecular flexibility index (Phi) is 5.11. The van der Waals surface area contributed by atoms with E-state index in [2.05, 4.69) is 20.8 Å². The van der Waals surface area contributed by atoms with E-state index in [0.717, 1.165) is 5.56 Å². The quantitative estimate of drug-likeness (QED) is 0.787. The number of rotatable bonds is 5. The third kappa shape index (κ3) is 4.05. The molecule has 2 rings (SSSR count). The van der Waals surface area contributed by atoms with E-state index in [-0.39, 0.29) is 24.6 Å². The Labute approximate surface area is 128 Å². The van der Waals surface area contributed by atoms with Crippen molar-refractivity contribution in [3.8, 4) is 11.5 Å². The molecule has 1 atom stereocenters. The number of carbonyl (C=O) groups excluding carboxylic acids is 1. The Hall–Kier alpha value is -2.41. The van der Waals surface area contributed by atoms with Gasteiger partial charge < -0.3 is 20.3 Å². The van der Waals surface area contributed by atoms with Crippen LogP contribution in [0.2, 0.25) is 0 Å². The zero-order valence-corrected chi connectivity index (χ0v) is 12.8. The lowest BCUT2D eigenvalue weighted by atomic mass is 10.2. The summed E-state index contributed by atoms with van der Waals surface area (Å²) in [6, 6.07) is 6.42. The topological polar surface area (TPSA) is 100 Å². The summed E-state index contributed by atoms with van der Waals surface area (Å²) < 4.78 is 5.21. The molecule has 3 N–H and O–H groups in total. The van der Waals surface area contributed by atoms with E-state index in [1.807, 2.05) is 13.8 Å². The van der Waals surface area contributed by atoms with E-state index in [4.69, 9.17) is 9.63 Å². The second-order valence-electron chi connectivity index (χ2n) is 5.37. The van der Waals surface area contributed by atoms with Gasteiger partial charge in [-0.15, -0.1) is 0 Å². The molecule has 7 nitrogen and oxygen atoms in total. The molecular formula is C15H20N4O3. The summed E-state index contributed by atoms with van der Waals surface area (Å²) in [6.45, 7) is 5.59. The number of anilines is 1. The van der Waals surface area contributed by atoms with Crippen LogP contribution in [0.1, 0.15) is 32.5 Å². The van der Waals surface area contributed by atoms with Crippen molar-refractivity contribution in [3.05, 3.63) is 30.1 Å². The Balaban J connectivity index is 2.02. The molecule has 0 aliphatic rings. The minimum atomic E-state index is -0.366. The Morgan fingerprint density at radius 2 is 1.95 bits per heavy atom. The number of aliphatic hydroxyl groups is 1. The number of aromatic nitrogens is 2. The first-order chi connectivity index (χ1) is 10.5. The molecular weight excluding hydrogens is 284 g/mol. The number of hydrogen-bond acceptors (Lipinski definition) is 5. The van der Waals surface area contributed by atoms with E-state index >= 15 is 0 Å². The van der Waals surface area contributed by atoms with Gasteiger partial charge in [-0.2, -0.15) is 4.98 Å². The maximum absolute atomic E-state index is 11.6. The summed E-state index contributed by atoms with van der Waals surface area (Å²) in [5.74, 6) is 1.32. The number of carbonyl (C=O) groups is 1. The fourth-order valence-electron chi connectivity index (χ4n) is 1.72. The van der Waals surface area contributed by atoms with Gasteiger partial charge in [0.05, 0.1) is 12.6 Å². The largest absolute Gasteiger partial charge is 0.394 e. The van der Waals surface area contributed by atoms with Crippen LogP contribution in [-0.4, -0.2) is 33.9 Å². The Morgan fingerprint density at radius 3 is 2.50 bits per heavy atom.